The highest BCUT2D eigenvalue weighted by Crippen LogP contribution is 2.32. The number of aromatic amines is 4. The van der Waals surface area contributed by atoms with Crippen molar-refractivity contribution in [2.75, 3.05) is 160 Å². The number of allylic oxidation sites excluding steroid dienone is 2. The normalized spacial score (nSPS) is 12.7. The number of ether oxygens (including phenoxy) is 4. The number of amides is 8. The average molecular weight is 1890 g/mol. The highest BCUT2D eigenvalue weighted by Gasteiger charge is 2.29. The van der Waals surface area contributed by atoms with E-state index < -0.39 is 66.2 Å². The quantitative estimate of drug-likeness (QED) is 0.0108. The second kappa shape index (κ2) is 54.3. The zero-order valence-corrected chi connectivity index (χ0v) is 80.8. The molecule has 0 spiro atoms. The zero-order valence-electron chi connectivity index (χ0n) is 80.8. The minimum atomic E-state index is -1.15. The molecule has 0 aliphatic rings. The molecule has 39 heteroatoms. The van der Waals surface area contributed by atoms with Gasteiger partial charge in [-0.25, -0.2) is 31.6 Å². The molecule has 6 aromatic carbocycles. The van der Waals surface area contributed by atoms with Crippen molar-refractivity contribution in [3.05, 3.63) is 145 Å². The molecule has 4 heterocycles. The first-order chi connectivity index (χ1) is 65.8. The van der Waals surface area contributed by atoms with Crippen LogP contribution in [0.3, 0.4) is 0 Å². The Hall–Kier alpha value is -13.4. The summed E-state index contributed by atoms with van der Waals surface area (Å²) in [5.74, 6) is 14.5. The smallest absolute Gasteiger partial charge is 0.245 e. The Balaban J connectivity index is 0.499. The lowest BCUT2D eigenvalue weighted by Crippen LogP contribution is -2.57. The standard InChI is InChI=1S/C98H141N27O12/c1-65(107-90(129)61-104-41-17-49-124(102)62-73(99)21-11-13-46-121(9)51-42-105-88(127)23-15-53-134-75-33-37-79-83(57-75)115-91(111-79)69-25-29-71(30-26-69)93-113-81-39-35-77(59-85(81)117-93)136-55-19-44-119(5)6)95(130)108-66(2)96(131)109-67(3)97(132)110-68(4)98(133)123(64-87(101)126)48-18-50-125(103)63-74(100)22-12-14-47-122(10)52-43-106-89(128)24-16-54-135-76-34-38-80-84(58-76)116-92(112-80)70-27-31-72(32-28-70)94-114-82-40-36-78(60-86(82)118-94)137-56-20-45-120(7)8/h25-40,57-60,62-63,65-68,104H,11-24,41-56,61,64,99-100,102-103H2,1-10H3,(H2,101,126)(H,105,127)(H,106,128)(H,107,129)(H,108,130)(H,109,131)(H,110,132)(H,111,115)(H,112,116)(H,113,117)(H,114,118)/b73-62-,74-63-/t65-,66-,67-,68-/m1/s1. The monoisotopic (exact) mass is 1890 g/mol. The predicted molar refractivity (Wildman–Crippen MR) is 533 cm³/mol. The summed E-state index contributed by atoms with van der Waals surface area (Å²) < 4.78 is 24.0. The van der Waals surface area contributed by atoms with Gasteiger partial charge < -0.3 is 128 Å². The van der Waals surface area contributed by atoms with E-state index in [1.165, 1.54) is 42.6 Å². The highest BCUT2D eigenvalue weighted by atomic mass is 16.5. The fourth-order valence-corrected chi connectivity index (χ4v) is 15.0. The highest BCUT2D eigenvalue weighted by molar-refractivity contribution is 5.96. The van der Waals surface area contributed by atoms with E-state index >= 15 is 0 Å². The van der Waals surface area contributed by atoms with Crippen molar-refractivity contribution in [3.8, 4) is 68.5 Å². The Bertz CT molecular complexity index is 5620. The van der Waals surface area contributed by atoms with Crippen LogP contribution < -0.4 is 85.1 Å². The fourth-order valence-electron chi connectivity index (χ4n) is 15.0. The van der Waals surface area contributed by atoms with Crippen molar-refractivity contribution >= 4 is 91.4 Å². The molecule has 740 valence electrons. The molecule has 0 saturated heterocycles. The van der Waals surface area contributed by atoms with Crippen LogP contribution in [0.15, 0.2) is 145 Å². The van der Waals surface area contributed by atoms with Crippen molar-refractivity contribution in [2.45, 2.75) is 142 Å². The molecule has 10 rings (SSSR count). The lowest BCUT2D eigenvalue weighted by molar-refractivity contribution is -0.139. The van der Waals surface area contributed by atoms with Crippen molar-refractivity contribution < 1.29 is 57.3 Å². The second-order valence-corrected chi connectivity index (χ2v) is 35.3. The first-order valence-electron chi connectivity index (χ1n) is 47.2. The van der Waals surface area contributed by atoms with Crippen molar-refractivity contribution in [1.82, 2.24) is 112 Å². The van der Waals surface area contributed by atoms with Crippen LogP contribution in [-0.2, 0) is 38.4 Å². The molecule has 10 aromatic rings. The number of rotatable bonds is 62. The van der Waals surface area contributed by atoms with Gasteiger partial charge in [0.15, 0.2) is 0 Å². The number of hydrogen-bond donors (Lipinski definition) is 16. The van der Waals surface area contributed by atoms with E-state index in [0.717, 1.165) is 166 Å². The van der Waals surface area contributed by atoms with Gasteiger partial charge in [-0.05, 0) is 215 Å². The summed E-state index contributed by atoms with van der Waals surface area (Å²) in [6.07, 6.45) is 12.4. The SMILES string of the molecule is C[C@@H](NC(=O)CNCCCN(N)/C=C(\N)CCCCN(C)CCNC(=O)CCCOc1ccc2[nH]c(-c3ccc(-c4nc5cc(OCCCN(C)C)ccc5[nH]4)cc3)nc2c1)C(=O)N[C@H](C)C(=O)N[C@H](C)C(=O)N[C@H](C)C(=O)N(CCCN(N)/C=C(\N)CCCCN(C)CCNC(=O)CCCOc1ccc2[nH]c(-c3ccc(-c4nc5cc(OCCCN(C)C)ccc5[nH]4)cc3)nc2c1)CC(N)=O. The molecule has 0 saturated carbocycles. The molecule has 4 atom stereocenters. The summed E-state index contributed by atoms with van der Waals surface area (Å²) in [6, 6.07) is 35.1. The number of hydrazine groups is 2. The third kappa shape index (κ3) is 36.0. The van der Waals surface area contributed by atoms with Crippen LogP contribution in [-0.4, -0.2) is 306 Å². The zero-order chi connectivity index (χ0) is 98.3. The first kappa shape index (κ1) is 106. The number of H-pyrrole nitrogens is 4. The van der Waals surface area contributed by atoms with E-state index in [0.29, 0.717) is 140 Å². The van der Waals surface area contributed by atoms with Gasteiger partial charge in [0.1, 0.15) is 70.5 Å². The molecule has 8 amide bonds. The molecule has 39 nitrogen and oxygen atoms in total. The van der Waals surface area contributed by atoms with Gasteiger partial charge in [-0.15, -0.1) is 0 Å². The van der Waals surface area contributed by atoms with E-state index in [9.17, 15) is 38.4 Å². The molecule has 0 radical (unpaired) electrons. The number of carbonyl (C=O) groups excluding carboxylic acids is 8. The van der Waals surface area contributed by atoms with Crippen molar-refractivity contribution in [3.63, 3.8) is 0 Å². The number of nitrogens with two attached hydrogens (primary N) is 5. The summed E-state index contributed by atoms with van der Waals surface area (Å²) in [5, 5.41) is 22.2. The Morgan fingerprint density at radius 3 is 1.07 bits per heavy atom. The number of imidazole rings is 4. The summed E-state index contributed by atoms with van der Waals surface area (Å²) in [6.45, 7) is 14.4. The number of aromatic nitrogens is 8. The second-order valence-electron chi connectivity index (χ2n) is 35.3. The van der Waals surface area contributed by atoms with Gasteiger partial charge >= 0.3 is 0 Å². The fraction of sp³-hybridized carbons (Fsp3) is 0.469. The molecule has 0 fully saturated rings. The number of benzene rings is 6. The maximum atomic E-state index is 13.6. The number of fused-ring (bicyclic) bond motifs is 4. The van der Waals surface area contributed by atoms with Crippen molar-refractivity contribution in [2.24, 2.45) is 28.9 Å². The van der Waals surface area contributed by atoms with Crippen LogP contribution in [0.5, 0.6) is 23.0 Å². The average Bonchev–Trinajstić information content (AvgIpc) is 1.66. The van der Waals surface area contributed by atoms with Gasteiger partial charge in [-0.1, -0.05) is 48.5 Å². The summed E-state index contributed by atoms with van der Waals surface area (Å²) in [7, 11) is 12.2. The molecule has 0 bridgehead atoms. The molecular weight excluding hydrogens is 1750 g/mol. The van der Waals surface area contributed by atoms with Crippen molar-refractivity contribution in [1.29, 1.82) is 0 Å². The van der Waals surface area contributed by atoms with E-state index in [1.807, 2.05) is 135 Å². The van der Waals surface area contributed by atoms with E-state index in [2.05, 4.69) is 105 Å². The Kier molecular flexibility index (Phi) is 41.9. The van der Waals surface area contributed by atoms with E-state index in [-0.39, 0.29) is 31.4 Å². The Labute approximate surface area is 801 Å². The largest absolute Gasteiger partial charge is 0.494 e. The van der Waals surface area contributed by atoms with Crippen LogP contribution in [0.25, 0.3) is 89.7 Å². The van der Waals surface area contributed by atoms with Gasteiger partial charge in [0, 0.05) is 142 Å². The van der Waals surface area contributed by atoms with Crippen LogP contribution in [0.2, 0.25) is 0 Å². The third-order valence-electron chi connectivity index (χ3n) is 22.7. The van der Waals surface area contributed by atoms with Gasteiger partial charge in [0.05, 0.1) is 83.7 Å². The Morgan fingerprint density at radius 1 is 0.365 bits per heavy atom. The van der Waals surface area contributed by atoms with E-state index in [4.69, 9.17) is 67.8 Å². The van der Waals surface area contributed by atoms with Gasteiger partial charge in [0.2, 0.25) is 47.3 Å². The van der Waals surface area contributed by atoms with E-state index in [1.54, 1.807) is 12.4 Å². The number of unbranched alkanes of at least 4 members (excludes halogenated alkanes) is 2. The minimum Gasteiger partial charge on any atom is -0.494 e. The lowest BCUT2D eigenvalue weighted by atomic mass is 10.1. The maximum Gasteiger partial charge on any atom is 0.245 e. The third-order valence-corrected chi connectivity index (χ3v) is 22.7. The van der Waals surface area contributed by atoms with Gasteiger partial charge in [-0.2, -0.15) is 0 Å². The molecule has 0 unspecified atom stereocenters. The number of hydrogen-bond acceptors (Lipinski definition) is 27. The molecular formula is C98H141N27O12. The number of carbonyl (C=O) groups is 8. The first-order valence-corrected chi connectivity index (χ1v) is 47.2. The molecule has 0 aliphatic carbocycles. The molecule has 0 aliphatic heterocycles. The minimum absolute atomic E-state index is 0.0350. The molecule has 137 heavy (non-hydrogen) atoms. The number of primary amides is 1. The van der Waals surface area contributed by atoms with Gasteiger partial charge in [-0.3, -0.25) is 38.4 Å². The summed E-state index contributed by atoms with van der Waals surface area (Å²) >= 11 is 0. The maximum absolute atomic E-state index is 13.6. The number of nitrogens with one attached hydrogen (secondary N) is 11. The topological polar surface area (TPSA) is 525 Å². The lowest BCUT2D eigenvalue weighted by Gasteiger charge is -2.27. The number of likely N-dealkylation sites (N-methyl/N-ethyl adjacent to an activating group) is 2. The number of nitrogens with zero attached hydrogens (tertiary/aromatic N) is 11. The molecule has 21 N–H and O–H groups in total. The summed E-state index contributed by atoms with van der Waals surface area (Å²) in [5.41, 5.74) is 30.0. The summed E-state index contributed by atoms with van der Waals surface area (Å²) in [4.78, 5) is 146. The Morgan fingerprint density at radius 2 is 0.708 bits per heavy atom. The van der Waals surface area contributed by atoms with Crippen LogP contribution >= 0.6 is 0 Å². The molecule has 4 aromatic heterocycles. The van der Waals surface area contributed by atoms with Gasteiger partial charge in [0.25, 0.3) is 0 Å². The van der Waals surface area contributed by atoms with Crippen LogP contribution in [0.4, 0.5) is 0 Å². The predicted octanol–water partition coefficient (Wildman–Crippen LogP) is 6.63. The van der Waals surface area contributed by atoms with Crippen LogP contribution in [0, 0.1) is 0 Å². The van der Waals surface area contributed by atoms with Crippen LogP contribution in [0.1, 0.15) is 118 Å².